The number of carbonyl (C=O) groups is 1. The van der Waals surface area contributed by atoms with Crippen molar-refractivity contribution in [2.24, 2.45) is 23.2 Å². The number of allylic oxidation sites excluding steroid dienone is 5. The molecular weight excluding hydrogens is 272 g/mol. The largest absolute Gasteiger partial charge is 0.481 e. The van der Waals surface area contributed by atoms with Crippen molar-refractivity contribution in [3.63, 3.8) is 0 Å². The summed E-state index contributed by atoms with van der Waals surface area (Å²) in [4.78, 5) is 11.1. The van der Waals surface area contributed by atoms with E-state index in [-0.39, 0.29) is 11.8 Å². The lowest BCUT2D eigenvalue weighted by Gasteiger charge is -2.49. The molecule has 3 atom stereocenters. The molecule has 0 aromatic heterocycles. The fourth-order valence-corrected chi connectivity index (χ4v) is 4.49. The summed E-state index contributed by atoms with van der Waals surface area (Å²) in [5.41, 5.74) is 4.20. The first-order chi connectivity index (χ1) is 10.3. The third-order valence-electron chi connectivity index (χ3n) is 5.87. The molecule has 0 bridgehead atoms. The summed E-state index contributed by atoms with van der Waals surface area (Å²) in [5, 5.41) is 9.15. The maximum absolute atomic E-state index is 11.1. The van der Waals surface area contributed by atoms with E-state index < -0.39 is 5.97 Å². The van der Waals surface area contributed by atoms with E-state index >= 15 is 0 Å². The van der Waals surface area contributed by atoms with Crippen molar-refractivity contribution in [3.8, 4) is 0 Å². The lowest BCUT2D eigenvalue weighted by Crippen LogP contribution is -2.41. The number of aliphatic carboxylic acids is 1. The monoisotopic (exact) mass is 302 g/mol. The minimum atomic E-state index is -0.688. The Hall–Kier alpha value is -1.31. The molecule has 0 heterocycles. The number of hydrogen-bond acceptors (Lipinski definition) is 1. The number of carboxylic acid groups (broad SMARTS) is 1. The fraction of sp³-hybridized carbons (Fsp3) is 0.650. The average molecular weight is 302 g/mol. The molecule has 0 unspecified atom stereocenters. The predicted molar refractivity (Wildman–Crippen MR) is 91.6 cm³/mol. The van der Waals surface area contributed by atoms with Crippen LogP contribution in [0.25, 0.3) is 0 Å². The summed E-state index contributed by atoms with van der Waals surface area (Å²) in [6.07, 6.45) is 9.07. The highest BCUT2D eigenvalue weighted by Gasteiger charge is 2.45. The maximum Gasteiger partial charge on any atom is 0.303 e. The average Bonchev–Trinajstić information content (AvgIpc) is 2.44. The predicted octanol–water partition coefficient (Wildman–Crippen LogP) is 5.37. The Morgan fingerprint density at radius 3 is 2.73 bits per heavy atom. The SMILES string of the molecule is C=C(C)[C@H]1CC=C2C=C(C(C)C)CC[C@@H]2[C@@]1(C)CCC(=O)O. The van der Waals surface area contributed by atoms with Crippen molar-refractivity contribution in [1.82, 2.24) is 0 Å². The number of fused-ring (bicyclic) bond motifs is 1. The van der Waals surface area contributed by atoms with Crippen LogP contribution in [0.15, 0.2) is 35.5 Å². The van der Waals surface area contributed by atoms with Crippen LogP contribution in [0.4, 0.5) is 0 Å². The van der Waals surface area contributed by atoms with Gasteiger partial charge in [0.1, 0.15) is 0 Å². The van der Waals surface area contributed by atoms with E-state index in [1.54, 1.807) is 0 Å². The van der Waals surface area contributed by atoms with Gasteiger partial charge in [0, 0.05) is 6.42 Å². The Kier molecular flexibility index (Phi) is 4.99. The van der Waals surface area contributed by atoms with Crippen molar-refractivity contribution in [2.45, 2.75) is 59.8 Å². The van der Waals surface area contributed by atoms with Crippen molar-refractivity contribution < 1.29 is 9.90 Å². The molecule has 22 heavy (non-hydrogen) atoms. The lowest BCUT2D eigenvalue weighted by atomic mass is 9.55. The first-order valence-electron chi connectivity index (χ1n) is 8.53. The van der Waals surface area contributed by atoms with Gasteiger partial charge in [0.25, 0.3) is 0 Å². The Labute approximate surface area is 135 Å². The van der Waals surface area contributed by atoms with Gasteiger partial charge in [0.15, 0.2) is 0 Å². The van der Waals surface area contributed by atoms with Crippen LogP contribution < -0.4 is 0 Å². The zero-order valence-electron chi connectivity index (χ0n) is 14.5. The summed E-state index contributed by atoms with van der Waals surface area (Å²) in [6, 6.07) is 0. The second-order valence-corrected chi connectivity index (χ2v) is 7.70. The van der Waals surface area contributed by atoms with E-state index in [0.29, 0.717) is 17.8 Å². The molecule has 1 N–H and O–H groups in total. The minimum absolute atomic E-state index is 0.0211. The van der Waals surface area contributed by atoms with Gasteiger partial charge in [0.2, 0.25) is 0 Å². The molecule has 0 saturated carbocycles. The number of hydrogen-bond donors (Lipinski definition) is 1. The van der Waals surface area contributed by atoms with Crippen molar-refractivity contribution >= 4 is 5.97 Å². The first-order valence-corrected chi connectivity index (χ1v) is 8.53. The maximum atomic E-state index is 11.1. The van der Waals surface area contributed by atoms with E-state index in [9.17, 15) is 4.79 Å². The van der Waals surface area contributed by atoms with Crippen molar-refractivity contribution in [3.05, 3.63) is 35.5 Å². The van der Waals surface area contributed by atoms with Crippen molar-refractivity contribution in [2.75, 3.05) is 0 Å². The van der Waals surface area contributed by atoms with Crippen LogP contribution in [-0.2, 0) is 4.79 Å². The Morgan fingerprint density at radius 1 is 1.50 bits per heavy atom. The Morgan fingerprint density at radius 2 is 2.18 bits per heavy atom. The number of carboxylic acids is 1. The molecule has 0 aromatic carbocycles. The van der Waals surface area contributed by atoms with Gasteiger partial charge in [-0.05, 0) is 61.3 Å². The molecule has 2 rings (SSSR count). The second-order valence-electron chi connectivity index (χ2n) is 7.70. The molecule has 0 aliphatic heterocycles. The minimum Gasteiger partial charge on any atom is -0.481 e. The molecule has 122 valence electrons. The van der Waals surface area contributed by atoms with E-state index in [4.69, 9.17) is 5.11 Å². The van der Waals surface area contributed by atoms with Crippen LogP contribution in [0.5, 0.6) is 0 Å². The van der Waals surface area contributed by atoms with Gasteiger partial charge in [-0.2, -0.15) is 0 Å². The van der Waals surface area contributed by atoms with E-state index in [1.807, 2.05) is 0 Å². The molecule has 2 aliphatic carbocycles. The molecule has 2 nitrogen and oxygen atoms in total. The van der Waals surface area contributed by atoms with Gasteiger partial charge >= 0.3 is 5.97 Å². The molecule has 0 radical (unpaired) electrons. The molecule has 0 spiro atoms. The summed E-state index contributed by atoms with van der Waals surface area (Å²) in [6.45, 7) is 13.1. The normalized spacial score (nSPS) is 31.3. The molecule has 2 aliphatic rings. The van der Waals surface area contributed by atoms with Gasteiger partial charge in [-0.1, -0.05) is 50.6 Å². The first kappa shape index (κ1) is 17.1. The quantitative estimate of drug-likeness (QED) is 0.693. The third kappa shape index (κ3) is 3.21. The third-order valence-corrected chi connectivity index (χ3v) is 5.87. The molecular formula is C20H30O2. The van der Waals surface area contributed by atoms with E-state index in [1.165, 1.54) is 16.7 Å². The highest BCUT2D eigenvalue weighted by atomic mass is 16.4. The highest BCUT2D eigenvalue weighted by Crippen LogP contribution is 2.55. The van der Waals surface area contributed by atoms with Crippen LogP contribution in [0.3, 0.4) is 0 Å². The zero-order valence-corrected chi connectivity index (χ0v) is 14.5. The van der Waals surface area contributed by atoms with Crippen LogP contribution in [0.2, 0.25) is 0 Å². The van der Waals surface area contributed by atoms with E-state index in [0.717, 1.165) is 25.7 Å². The molecule has 0 aromatic rings. The molecule has 0 saturated heterocycles. The molecule has 0 fully saturated rings. The second kappa shape index (κ2) is 6.44. The van der Waals surface area contributed by atoms with Gasteiger partial charge in [0.05, 0.1) is 0 Å². The van der Waals surface area contributed by atoms with Gasteiger partial charge in [-0.25, -0.2) is 0 Å². The van der Waals surface area contributed by atoms with Crippen molar-refractivity contribution in [1.29, 1.82) is 0 Å². The summed E-state index contributed by atoms with van der Waals surface area (Å²) in [7, 11) is 0. The lowest BCUT2D eigenvalue weighted by molar-refractivity contribution is -0.138. The van der Waals surface area contributed by atoms with Gasteiger partial charge in [-0.3, -0.25) is 4.79 Å². The van der Waals surface area contributed by atoms with Crippen LogP contribution in [-0.4, -0.2) is 11.1 Å². The van der Waals surface area contributed by atoms with Crippen LogP contribution in [0.1, 0.15) is 59.8 Å². The number of rotatable bonds is 5. The van der Waals surface area contributed by atoms with Crippen LogP contribution in [0, 0.1) is 23.2 Å². The highest BCUT2D eigenvalue weighted by molar-refractivity contribution is 5.66. The molecule has 2 heteroatoms. The Balaban J connectivity index is 2.35. The topological polar surface area (TPSA) is 37.3 Å². The molecule has 0 amide bonds. The summed E-state index contributed by atoms with van der Waals surface area (Å²) in [5.74, 6) is 0.789. The van der Waals surface area contributed by atoms with E-state index in [2.05, 4.69) is 46.4 Å². The zero-order chi connectivity index (χ0) is 16.5. The van der Waals surface area contributed by atoms with Gasteiger partial charge in [-0.15, -0.1) is 0 Å². The Bertz CT molecular complexity index is 524. The fourth-order valence-electron chi connectivity index (χ4n) is 4.49. The standard InChI is InChI=1S/C20H30O2/c1-13(2)15-6-9-18-16(12-15)7-8-17(14(3)4)20(18,5)11-10-19(21)22/h7,12-13,17-18H,3,6,8-11H2,1-2,4-5H3,(H,21,22)/t17-,18+,20+/m1/s1. The van der Waals surface area contributed by atoms with Gasteiger partial charge < -0.3 is 5.11 Å². The summed E-state index contributed by atoms with van der Waals surface area (Å²) >= 11 is 0. The summed E-state index contributed by atoms with van der Waals surface area (Å²) < 4.78 is 0. The van der Waals surface area contributed by atoms with Crippen LogP contribution >= 0.6 is 0 Å². The smallest absolute Gasteiger partial charge is 0.303 e.